The number of nitrogens with zero attached hydrogens (tertiary/aromatic N) is 2. The monoisotopic (exact) mass is 299 g/mol. The van der Waals surface area contributed by atoms with Crippen molar-refractivity contribution in [3.63, 3.8) is 0 Å². The Labute approximate surface area is 119 Å². The molecule has 1 aromatic heterocycles. The van der Waals surface area contributed by atoms with E-state index in [1.54, 1.807) is 0 Å². The zero-order valence-corrected chi connectivity index (χ0v) is 12.5. The second-order valence-electron chi connectivity index (χ2n) is 5.93. The van der Waals surface area contributed by atoms with Crippen molar-refractivity contribution < 1.29 is 12.9 Å². The molecule has 1 N–H and O–H groups in total. The predicted octanol–water partition coefficient (Wildman–Crippen LogP) is 1.22. The average molecular weight is 299 g/mol. The van der Waals surface area contributed by atoms with Crippen LogP contribution < -0.4 is 5.32 Å². The lowest BCUT2D eigenvalue weighted by atomic mass is 9.86. The van der Waals surface area contributed by atoms with Crippen molar-refractivity contribution >= 4 is 9.84 Å². The van der Waals surface area contributed by atoms with Crippen molar-refractivity contribution in [1.82, 2.24) is 15.5 Å². The highest BCUT2D eigenvalue weighted by Crippen LogP contribution is 2.33. The molecule has 2 fully saturated rings. The van der Waals surface area contributed by atoms with Crippen molar-refractivity contribution in [1.29, 1.82) is 0 Å². The number of aromatic nitrogens is 2. The molecule has 7 heteroatoms. The highest BCUT2D eigenvalue weighted by atomic mass is 32.2. The van der Waals surface area contributed by atoms with Crippen LogP contribution in [0.4, 0.5) is 0 Å². The van der Waals surface area contributed by atoms with Crippen LogP contribution in [0.15, 0.2) is 4.52 Å². The molecule has 1 saturated carbocycles. The van der Waals surface area contributed by atoms with E-state index >= 15 is 0 Å². The molecule has 0 amide bonds. The van der Waals surface area contributed by atoms with E-state index in [4.69, 9.17) is 4.52 Å². The smallest absolute Gasteiger partial charge is 0.229 e. The molecule has 1 atom stereocenters. The minimum atomic E-state index is -2.90. The molecule has 0 bridgehead atoms. The van der Waals surface area contributed by atoms with Gasteiger partial charge in [-0.2, -0.15) is 4.98 Å². The molecule has 6 nitrogen and oxygen atoms in total. The summed E-state index contributed by atoms with van der Waals surface area (Å²) in [7, 11) is -0.903. The molecule has 1 aromatic rings. The molecule has 3 rings (SSSR count). The quantitative estimate of drug-likeness (QED) is 0.903. The Balaban J connectivity index is 1.66. The highest BCUT2D eigenvalue weighted by molar-refractivity contribution is 7.91. The molecular weight excluding hydrogens is 278 g/mol. The predicted molar refractivity (Wildman–Crippen MR) is 74.4 cm³/mol. The summed E-state index contributed by atoms with van der Waals surface area (Å²) >= 11 is 0. The van der Waals surface area contributed by atoms with Crippen molar-refractivity contribution in [2.24, 2.45) is 0 Å². The Hall–Kier alpha value is -0.950. The van der Waals surface area contributed by atoms with Gasteiger partial charge in [0, 0.05) is 17.9 Å². The van der Waals surface area contributed by atoms with Crippen LogP contribution in [0.1, 0.15) is 55.7 Å². The highest BCUT2D eigenvalue weighted by Gasteiger charge is 2.33. The van der Waals surface area contributed by atoms with E-state index in [1.165, 1.54) is 0 Å². The zero-order chi connectivity index (χ0) is 14.2. The van der Waals surface area contributed by atoms with E-state index in [9.17, 15) is 8.42 Å². The van der Waals surface area contributed by atoms with Crippen molar-refractivity contribution in [3.8, 4) is 0 Å². The lowest BCUT2D eigenvalue weighted by Gasteiger charge is -2.25. The third kappa shape index (κ3) is 2.88. The first kappa shape index (κ1) is 14.0. The van der Waals surface area contributed by atoms with Gasteiger partial charge in [-0.05, 0) is 39.2 Å². The van der Waals surface area contributed by atoms with E-state index in [2.05, 4.69) is 15.5 Å². The van der Waals surface area contributed by atoms with Gasteiger partial charge in [-0.3, -0.25) is 0 Å². The SMILES string of the molecule is CNC1CCC(c2nc(C3CCS(=O)(=O)C3)no2)CC1. The first-order chi connectivity index (χ1) is 9.57. The molecule has 20 heavy (non-hydrogen) atoms. The summed E-state index contributed by atoms with van der Waals surface area (Å²) in [5, 5.41) is 7.31. The summed E-state index contributed by atoms with van der Waals surface area (Å²) < 4.78 is 28.4. The van der Waals surface area contributed by atoms with Crippen LogP contribution in [0.2, 0.25) is 0 Å². The fourth-order valence-electron chi connectivity index (χ4n) is 3.21. The van der Waals surface area contributed by atoms with Crippen LogP contribution >= 0.6 is 0 Å². The van der Waals surface area contributed by atoms with Crippen LogP contribution in [-0.2, 0) is 9.84 Å². The summed E-state index contributed by atoms with van der Waals surface area (Å²) in [6, 6.07) is 0.591. The van der Waals surface area contributed by atoms with Crippen molar-refractivity contribution in [2.75, 3.05) is 18.6 Å². The Morgan fingerprint density at radius 3 is 2.50 bits per heavy atom. The van der Waals surface area contributed by atoms with Crippen LogP contribution in [0, 0.1) is 0 Å². The number of nitrogens with one attached hydrogen (secondary N) is 1. The molecule has 0 aromatic carbocycles. The number of hydrogen-bond acceptors (Lipinski definition) is 6. The van der Waals surface area contributed by atoms with E-state index in [1.807, 2.05) is 7.05 Å². The molecule has 0 radical (unpaired) electrons. The standard InChI is InChI=1S/C13H21N3O3S/c1-14-11-4-2-9(3-5-11)13-15-12(16-19-13)10-6-7-20(17,18)8-10/h9-11,14H,2-8H2,1H3. The molecule has 2 heterocycles. The minimum absolute atomic E-state index is 0.0776. The summed E-state index contributed by atoms with van der Waals surface area (Å²) in [5.74, 6) is 1.94. The lowest BCUT2D eigenvalue weighted by molar-refractivity contribution is 0.287. The first-order valence-corrected chi connectivity index (χ1v) is 9.11. The average Bonchev–Trinajstić information content (AvgIpc) is 3.05. The maximum atomic E-state index is 11.5. The van der Waals surface area contributed by atoms with Gasteiger partial charge in [0.2, 0.25) is 5.89 Å². The number of rotatable bonds is 3. The van der Waals surface area contributed by atoms with Gasteiger partial charge in [0.1, 0.15) is 0 Å². The van der Waals surface area contributed by atoms with Gasteiger partial charge in [-0.15, -0.1) is 0 Å². The molecule has 1 aliphatic heterocycles. The van der Waals surface area contributed by atoms with Gasteiger partial charge in [-0.1, -0.05) is 5.16 Å². The summed E-state index contributed by atoms with van der Waals surface area (Å²) in [6.07, 6.45) is 4.97. The van der Waals surface area contributed by atoms with Crippen molar-refractivity contribution in [3.05, 3.63) is 11.7 Å². The van der Waals surface area contributed by atoms with Crippen LogP contribution in [0.25, 0.3) is 0 Å². The normalized spacial score (nSPS) is 33.4. The van der Waals surface area contributed by atoms with Crippen LogP contribution in [0.5, 0.6) is 0 Å². The van der Waals surface area contributed by atoms with Gasteiger partial charge in [-0.25, -0.2) is 8.42 Å². The Morgan fingerprint density at radius 1 is 1.15 bits per heavy atom. The second kappa shape index (κ2) is 5.44. The Morgan fingerprint density at radius 2 is 1.90 bits per heavy atom. The molecular formula is C13H21N3O3S. The lowest BCUT2D eigenvalue weighted by Crippen LogP contribution is -2.29. The second-order valence-corrected chi connectivity index (χ2v) is 8.16. The van der Waals surface area contributed by atoms with Gasteiger partial charge in [0.05, 0.1) is 11.5 Å². The third-order valence-electron chi connectivity index (χ3n) is 4.54. The Kier molecular flexibility index (Phi) is 3.81. The van der Waals surface area contributed by atoms with E-state index in [0.717, 1.165) is 25.7 Å². The molecule has 112 valence electrons. The van der Waals surface area contributed by atoms with Gasteiger partial charge in [0.15, 0.2) is 15.7 Å². The van der Waals surface area contributed by atoms with Crippen molar-refractivity contribution in [2.45, 2.75) is 50.0 Å². The molecule has 1 saturated heterocycles. The molecule has 1 unspecified atom stereocenters. The summed E-state index contributed by atoms with van der Waals surface area (Å²) in [5.41, 5.74) is 0. The topological polar surface area (TPSA) is 85.1 Å². The van der Waals surface area contributed by atoms with Gasteiger partial charge in [0.25, 0.3) is 0 Å². The van der Waals surface area contributed by atoms with Crippen LogP contribution in [0.3, 0.4) is 0 Å². The maximum absolute atomic E-state index is 11.5. The molecule has 2 aliphatic rings. The Bertz CT molecular complexity index is 561. The first-order valence-electron chi connectivity index (χ1n) is 7.28. The summed E-state index contributed by atoms with van der Waals surface area (Å²) in [4.78, 5) is 4.47. The van der Waals surface area contributed by atoms with Gasteiger partial charge < -0.3 is 9.84 Å². The third-order valence-corrected chi connectivity index (χ3v) is 6.31. The largest absolute Gasteiger partial charge is 0.339 e. The van der Waals surface area contributed by atoms with E-state index in [0.29, 0.717) is 30.1 Å². The summed E-state index contributed by atoms with van der Waals surface area (Å²) in [6.45, 7) is 0. The van der Waals surface area contributed by atoms with E-state index < -0.39 is 9.84 Å². The molecule has 0 spiro atoms. The number of hydrogen-bond donors (Lipinski definition) is 1. The number of sulfone groups is 1. The van der Waals surface area contributed by atoms with Crippen LogP contribution in [-0.4, -0.2) is 43.2 Å². The zero-order valence-electron chi connectivity index (χ0n) is 11.7. The fourth-order valence-corrected chi connectivity index (χ4v) is 4.95. The van der Waals surface area contributed by atoms with E-state index in [-0.39, 0.29) is 17.4 Å². The molecule has 1 aliphatic carbocycles. The minimum Gasteiger partial charge on any atom is -0.339 e. The maximum Gasteiger partial charge on any atom is 0.229 e. The fraction of sp³-hybridized carbons (Fsp3) is 0.846. The van der Waals surface area contributed by atoms with Gasteiger partial charge >= 0.3 is 0 Å².